The van der Waals surface area contributed by atoms with Gasteiger partial charge in [-0.3, -0.25) is 14.2 Å². The fourth-order valence-corrected chi connectivity index (χ4v) is 4.30. The van der Waals surface area contributed by atoms with Crippen LogP contribution in [0.3, 0.4) is 0 Å². The van der Waals surface area contributed by atoms with Crippen LogP contribution >= 0.6 is 27.5 Å². The Morgan fingerprint density at radius 1 is 0.971 bits per heavy atom. The van der Waals surface area contributed by atoms with Gasteiger partial charge in [0.1, 0.15) is 5.82 Å². The average molecular weight is 545 g/mol. The zero-order chi connectivity index (χ0) is 24.6. The van der Waals surface area contributed by atoms with Crippen LogP contribution in [0.15, 0.2) is 46.9 Å². The van der Waals surface area contributed by atoms with Crippen molar-refractivity contribution in [3.05, 3.63) is 97.2 Å². The highest BCUT2D eigenvalue weighted by Gasteiger charge is 2.17. The van der Waals surface area contributed by atoms with Crippen molar-refractivity contribution in [1.82, 2.24) is 19.6 Å². The average Bonchev–Trinajstić information content (AvgIpc) is 3.20. The Balaban J connectivity index is 1.47. The molecule has 2 heterocycles. The first-order valence-corrected chi connectivity index (χ1v) is 11.9. The number of halogens is 3. The van der Waals surface area contributed by atoms with E-state index in [0.717, 1.165) is 32.7 Å². The van der Waals surface area contributed by atoms with Gasteiger partial charge in [-0.05, 0) is 79.0 Å². The summed E-state index contributed by atoms with van der Waals surface area (Å²) in [5.41, 5.74) is 6.48. The van der Waals surface area contributed by atoms with E-state index < -0.39 is 0 Å². The van der Waals surface area contributed by atoms with Crippen LogP contribution < -0.4 is 5.32 Å². The van der Waals surface area contributed by atoms with Crippen molar-refractivity contribution in [2.45, 2.75) is 40.8 Å². The molecular formula is C25H24BrClFN5O. The van der Waals surface area contributed by atoms with Gasteiger partial charge in [0, 0.05) is 10.6 Å². The normalized spacial score (nSPS) is 11.1. The molecule has 6 nitrogen and oxygen atoms in total. The zero-order valence-electron chi connectivity index (χ0n) is 19.3. The molecule has 0 saturated heterocycles. The van der Waals surface area contributed by atoms with Gasteiger partial charge in [0.05, 0.1) is 46.0 Å². The number of hydrogen-bond acceptors (Lipinski definition) is 3. The molecule has 4 rings (SSSR count). The van der Waals surface area contributed by atoms with Gasteiger partial charge < -0.3 is 5.32 Å². The Kier molecular flexibility index (Phi) is 6.91. The highest BCUT2D eigenvalue weighted by Crippen LogP contribution is 2.24. The number of nitrogens with one attached hydrogen (secondary N) is 1. The molecule has 0 fully saturated rings. The Morgan fingerprint density at radius 3 is 2.24 bits per heavy atom. The Hall–Kier alpha value is -2.97. The van der Waals surface area contributed by atoms with Crippen LogP contribution in [0.4, 0.5) is 10.1 Å². The van der Waals surface area contributed by atoms with Crippen molar-refractivity contribution in [3.8, 4) is 0 Å². The van der Waals surface area contributed by atoms with Gasteiger partial charge in [0.2, 0.25) is 0 Å². The molecular weight excluding hydrogens is 521 g/mol. The van der Waals surface area contributed by atoms with Crippen LogP contribution in [0.1, 0.15) is 44.3 Å². The van der Waals surface area contributed by atoms with Gasteiger partial charge in [-0.1, -0.05) is 29.8 Å². The molecule has 0 bridgehead atoms. The van der Waals surface area contributed by atoms with Gasteiger partial charge in [-0.25, -0.2) is 4.39 Å². The lowest BCUT2D eigenvalue weighted by molar-refractivity contribution is 0.102. The summed E-state index contributed by atoms with van der Waals surface area (Å²) in [4.78, 5) is 12.9. The number of carbonyl (C=O) groups excluding carboxylic acids is 1. The SMILES string of the molecule is Cc1nn(Cc2ccc(C(=O)Nc3c(C)nn(Cc4ccc(F)cc4Cl)c3C)cc2)c(C)c1Br. The van der Waals surface area contributed by atoms with Crippen molar-refractivity contribution in [2.75, 3.05) is 5.32 Å². The molecule has 0 spiro atoms. The molecule has 1 amide bonds. The zero-order valence-corrected chi connectivity index (χ0v) is 21.6. The van der Waals surface area contributed by atoms with Gasteiger partial charge in [-0.15, -0.1) is 0 Å². The summed E-state index contributed by atoms with van der Waals surface area (Å²) in [6, 6.07) is 11.8. The maximum absolute atomic E-state index is 13.3. The molecule has 9 heteroatoms. The van der Waals surface area contributed by atoms with E-state index in [1.54, 1.807) is 22.9 Å². The first-order chi connectivity index (χ1) is 16.1. The topological polar surface area (TPSA) is 64.7 Å². The van der Waals surface area contributed by atoms with Crippen LogP contribution in [0.5, 0.6) is 0 Å². The van der Waals surface area contributed by atoms with Gasteiger partial charge in [-0.2, -0.15) is 10.2 Å². The molecule has 0 saturated carbocycles. The van der Waals surface area contributed by atoms with Gasteiger partial charge in [0.25, 0.3) is 5.91 Å². The highest BCUT2D eigenvalue weighted by atomic mass is 79.9. The van der Waals surface area contributed by atoms with Crippen LogP contribution in [-0.4, -0.2) is 25.5 Å². The second-order valence-electron chi connectivity index (χ2n) is 8.23. The number of aromatic nitrogens is 4. The largest absolute Gasteiger partial charge is 0.319 e. The summed E-state index contributed by atoms with van der Waals surface area (Å²) in [6.07, 6.45) is 0. The third-order valence-corrected chi connectivity index (χ3v) is 7.30. The van der Waals surface area contributed by atoms with E-state index in [4.69, 9.17) is 11.6 Å². The number of hydrogen-bond donors (Lipinski definition) is 1. The third-order valence-electron chi connectivity index (χ3n) is 5.80. The van der Waals surface area contributed by atoms with Crippen LogP contribution in [0, 0.1) is 33.5 Å². The Bertz CT molecular complexity index is 1380. The van der Waals surface area contributed by atoms with Crippen molar-refractivity contribution in [3.63, 3.8) is 0 Å². The number of amides is 1. The van der Waals surface area contributed by atoms with Crippen molar-refractivity contribution >= 4 is 39.1 Å². The molecule has 0 unspecified atom stereocenters. The molecule has 0 aliphatic rings. The van der Waals surface area contributed by atoms with Crippen molar-refractivity contribution in [2.24, 2.45) is 0 Å². The monoisotopic (exact) mass is 543 g/mol. The minimum absolute atomic E-state index is 0.217. The van der Waals surface area contributed by atoms with E-state index in [1.807, 2.05) is 44.5 Å². The molecule has 0 atom stereocenters. The fourth-order valence-electron chi connectivity index (χ4n) is 3.79. The standard InChI is InChI=1S/C25H24BrClFN5O/c1-14-23(26)16(3)32(30-14)12-18-5-7-19(8-6-18)25(34)29-24-15(2)31-33(17(24)4)13-20-9-10-21(28)11-22(20)27/h5-11H,12-13H2,1-4H3,(H,29,34). The summed E-state index contributed by atoms with van der Waals surface area (Å²) < 4.78 is 18.0. The number of rotatable bonds is 6. The van der Waals surface area contributed by atoms with Gasteiger partial charge >= 0.3 is 0 Å². The summed E-state index contributed by atoms with van der Waals surface area (Å²) in [7, 11) is 0. The van der Waals surface area contributed by atoms with Crippen LogP contribution in [-0.2, 0) is 13.1 Å². The molecule has 0 aliphatic heterocycles. The lowest BCUT2D eigenvalue weighted by atomic mass is 10.1. The van der Waals surface area contributed by atoms with Crippen LogP contribution in [0.2, 0.25) is 5.02 Å². The Morgan fingerprint density at radius 2 is 1.62 bits per heavy atom. The molecule has 0 radical (unpaired) electrons. The van der Waals surface area contributed by atoms with E-state index >= 15 is 0 Å². The van der Waals surface area contributed by atoms with E-state index in [2.05, 4.69) is 31.4 Å². The maximum Gasteiger partial charge on any atom is 0.255 e. The number of carbonyl (C=O) groups is 1. The Labute approximate surface area is 210 Å². The number of nitrogens with zero attached hydrogens (tertiary/aromatic N) is 4. The summed E-state index contributed by atoms with van der Waals surface area (Å²) in [5.74, 6) is -0.602. The van der Waals surface area contributed by atoms with Gasteiger partial charge in [0.15, 0.2) is 0 Å². The molecule has 0 aliphatic carbocycles. The molecule has 4 aromatic rings. The first-order valence-electron chi connectivity index (χ1n) is 10.7. The molecule has 2 aromatic heterocycles. The predicted molar refractivity (Wildman–Crippen MR) is 135 cm³/mol. The second kappa shape index (κ2) is 9.72. The van der Waals surface area contributed by atoms with E-state index in [9.17, 15) is 9.18 Å². The van der Waals surface area contributed by atoms with E-state index in [-0.39, 0.29) is 11.7 Å². The third kappa shape index (κ3) is 4.93. The minimum Gasteiger partial charge on any atom is -0.319 e. The number of anilines is 1. The van der Waals surface area contributed by atoms with Crippen molar-refractivity contribution < 1.29 is 9.18 Å². The predicted octanol–water partition coefficient (Wildman–Crippen LogP) is 6.22. The highest BCUT2D eigenvalue weighted by molar-refractivity contribution is 9.10. The lowest BCUT2D eigenvalue weighted by Gasteiger charge is -2.09. The number of aryl methyl sites for hydroxylation is 2. The lowest BCUT2D eigenvalue weighted by Crippen LogP contribution is -2.13. The second-order valence-corrected chi connectivity index (χ2v) is 9.43. The van der Waals surface area contributed by atoms with E-state index in [0.29, 0.717) is 35.1 Å². The summed E-state index contributed by atoms with van der Waals surface area (Å²) in [5, 5.41) is 12.4. The molecule has 34 heavy (non-hydrogen) atoms. The fraction of sp³-hybridized carbons (Fsp3) is 0.240. The van der Waals surface area contributed by atoms with Crippen molar-refractivity contribution in [1.29, 1.82) is 0 Å². The smallest absolute Gasteiger partial charge is 0.255 e. The van der Waals surface area contributed by atoms with Crippen LogP contribution in [0.25, 0.3) is 0 Å². The summed E-state index contributed by atoms with van der Waals surface area (Å²) >= 11 is 9.71. The quantitative estimate of drug-likeness (QED) is 0.314. The van der Waals surface area contributed by atoms with E-state index in [1.165, 1.54) is 12.1 Å². The minimum atomic E-state index is -0.385. The molecule has 1 N–H and O–H groups in total. The molecule has 176 valence electrons. The first kappa shape index (κ1) is 24.2. The summed E-state index contributed by atoms with van der Waals surface area (Å²) in [6.45, 7) is 8.68. The maximum atomic E-state index is 13.3. The number of benzene rings is 2. The molecule has 2 aromatic carbocycles.